The van der Waals surface area contributed by atoms with Crippen LogP contribution in [-0.2, 0) is 6.42 Å². The van der Waals surface area contributed by atoms with E-state index < -0.39 is 0 Å². The van der Waals surface area contributed by atoms with Crippen LogP contribution in [0.5, 0.6) is 0 Å². The molecule has 0 aromatic heterocycles. The first-order chi connectivity index (χ1) is 12.0. The minimum Gasteiger partial charge on any atom is -0.352 e. The molecule has 2 amide bonds. The number of carbonyl (C=O) groups excluding carboxylic acids is 2. The van der Waals surface area contributed by atoms with Crippen molar-refractivity contribution < 1.29 is 9.59 Å². The highest BCUT2D eigenvalue weighted by atomic mass is 16.2. The van der Waals surface area contributed by atoms with Crippen molar-refractivity contribution in [1.82, 2.24) is 5.32 Å². The summed E-state index contributed by atoms with van der Waals surface area (Å²) in [7, 11) is 0. The minimum atomic E-state index is -0.184. The molecule has 0 fully saturated rings. The molecule has 0 aliphatic heterocycles. The highest BCUT2D eigenvalue weighted by Crippen LogP contribution is 2.12. The summed E-state index contributed by atoms with van der Waals surface area (Å²) in [5.74, 6) is 0.261. The summed E-state index contributed by atoms with van der Waals surface area (Å²) in [6.07, 6.45) is 1.91. The SMILES string of the molecule is CCc1ccc(NC(=O)c2ccc(C(=O)NCCC(C)C)cc2)cc1. The van der Waals surface area contributed by atoms with Crippen LogP contribution in [0.4, 0.5) is 5.69 Å². The normalized spacial score (nSPS) is 10.6. The van der Waals surface area contributed by atoms with Crippen LogP contribution in [0.1, 0.15) is 53.5 Å². The van der Waals surface area contributed by atoms with Gasteiger partial charge in [0.15, 0.2) is 0 Å². The average Bonchev–Trinajstić information content (AvgIpc) is 2.62. The van der Waals surface area contributed by atoms with E-state index in [2.05, 4.69) is 31.4 Å². The van der Waals surface area contributed by atoms with Gasteiger partial charge in [0.1, 0.15) is 0 Å². The van der Waals surface area contributed by atoms with E-state index in [0.29, 0.717) is 23.6 Å². The maximum absolute atomic E-state index is 12.3. The number of anilines is 1. The summed E-state index contributed by atoms with van der Waals surface area (Å²) < 4.78 is 0. The first-order valence-corrected chi connectivity index (χ1v) is 8.78. The Morgan fingerprint density at radius 1 is 0.880 bits per heavy atom. The van der Waals surface area contributed by atoms with E-state index in [9.17, 15) is 9.59 Å². The summed E-state index contributed by atoms with van der Waals surface area (Å²) in [4.78, 5) is 24.3. The van der Waals surface area contributed by atoms with Crippen LogP contribution in [0, 0.1) is 5.92 Å². The van der Waals surface area contributed by atoms with Crippen LogP contribution in [0.15, 0.2) is 48.5 Å². The van der Waals surface area contributed by atoms with Crippen molar-refractivity contribution in [3.05, 3.63) is 65.2 Å². The van der Waals surface area contributed by atoms with Crippen LogP contribution in [-0.4, -0.2) is 18.4 Å². The zero-order valence-corrected chi connectivity index (χ0v) is 15.1. The van der Waals surface area contributed by atoms with Gasteiger partial charge in [-0.2, -0.15) is 0 Å². The van der Waals surface area contributed by atoms with Crippen molar-refractivity contribution in [2.45, 2.75) is 33.6 Å². The zero-order valence-electron chi connectivity index (χ0n) is 15.1. The van der Waals surface area contributed by atoms with Crippen molar-refractivity contribution in [2.24, 2.45) is 5.92 Å². The highest BCUT2D eigenvalue weighted by molar-refractivity contribution is 6.05. The molecule has 0 saturated carbocycles. The lowest BCUT2D eigenvalue weighted by Gasteiger charge is -2.09. The fourth-order valence-corrected chi connectivity index (χ4v) is 2.38. The molecule has 0 radical (unpaired) electrons. The Labute approximate surface area is 149 Å². The number of nitrogens with one attached hydrogen (secondary N) is 2. The van der Waals surface area contributed by atoms with E-state index in [-0.39, 0.29) is 11.8 Å². The predicted molar refractivity (Wildman–Crippen MR) is 102 cm³/mol. The Morgan fingerprint density at radius 3 is 1.96 bits per heavy atom. The van der Waals surface area contributed by atoms with E-state index in [1.807, 2.05) is 24.3 Å². The van der Waals surface area contributed by atoms with Gasteiger partial charge in [0, 0.05) is 23.4 Å². The van der Waals surface area contributed by atoms with E-state index in [4.69, 9.17) is 0 Å². The molecule has 2 N–H and O–H groups in total. The predicted octanol–water partition coefficient (Wildman–Crippen LogP) is 4.28. The van der Waals surface area contributed by atoms with E-state index in [1.165, 1.54) is 5.56 Å². The summed E-state index contributed by atoms with van der Waals surface area (Å²) in [6.45, 7) is 6.99. The maximum atomic E-state index is 12.3. The molecule has 0 atom stereocenters. The Kier molecular flexibility index (Phi) is 6.75. The molecule has 4 heteroatoms. The van der Waals surface area contributed by atoms with Crippen molar-refractivity contribution in [3.8, 4) is 0 Å². The fourth-order valence-electron chi connectivity index (χ4n) is 2.38. The fraction of sp³-hybridized carbons (Fsp3) is 0.333. The maximum Gasteiger partial charge on any atom is 0.255 e. The van der Waals surface area contributed by atoms with E-state index in [1.54, 1.807) is 24.3 Å². The van der Waals surface area contributed by atoms with Gasteiger partial charge in [-0.05, 0) is 60.7 Å². The smallest absolute Gasteiger partial charge is 0.255 e. The molecular formula is C21H26N2O2. The quantitative estimate of drug-likeness (QED) is 0.792. The molecule has 0 aliphatic rings. The monoisotopic (exact) mass is 338 g/mol. The summed E-state index contributed by atoms with van der Waals surface area (Å²) in [5, 5.41) is 5.76. The number of benzene rings is 2. The van der Waals surface area contributed by atoms with E-state index in [0.717, 1.165) is 18.5 Å². The average molecular weight is 338 g/mol. The lowest BCUT2D eigenvalue weighted by atomic mass is 10.1. The van der Waals surface area contributed by atoms with Crippen LogP contribution in [0.2, 0.25) is 0 Å². The van der Waals surface area contributed by atoms with Crippen LogP contribution < -0.4 is 10.6 Å². The van der Waals surface area contributed by atoms with Crippen molar-refractivity contribution in [2.75, 3.05) is 11.9 Å². The van der Waals surface area contributed by atoms with Crippen molar-refractivity contribution >= 4 is 17.5 Å². The zero-order chi connectivity index (χ0) is 18.2. The molecule has 0 bridgehead atoms. The van der Waals surface area contributed by atoms with Gasteiger partial charge in [-0.3, -0.25) is 9.59 Å². The van der Waals surface area contributed by atoms with Crippen LogP contribution in [0.3, 0.4) is 0 Å². The molecule has 132 valence electrons. The van der Waals surface area contributed by atoms with Gasteiger partial charge in [-0.25, -0.2) is 0 Å². The number of aryl methyl sites for hydroxylation is 1. The first kappa shape index (κ1) is 18.7. The molecule has 2 aromatic rings. The van der Waals surface area contributed by atoms with Gasteiger partial charge in [-0.1, -0.05) is 32.9 Å². The second kappa shape index (κ2) is 9.02. The Bertz CT molecular complexity index is 704. The standard InChI is InChI=1S/C21H26N2O2/c1-4-16-5-11-19(12-6-16)23-21(25)18-9-7-17(8-10-18)20(24)22-14-13-15(2)3/h5-12,15H,4,13-14H2,1-3H3,(H,22,24)(H,23,25). The number of rotatable bonds is 7. The van der Waals surface area contributed by atoms with Gasteiger partial charge in [-0.15, -0.1) is 0 Å². The van der Waals surface area contributed by atoms with Gasteiger partial charge >= 0.3 is 0 Å². The number of carbonyl (C=O) groups is 2. The molecule has 2 aromatic carbocycles. The van der Waals surface area contributed by atoms with Crippen molar-refractivity contribution in [1.29, 1.82) is 0 Å². The molecule has 2 rings (SSSR count). The molecule has 0 unspecified atom stereocenters. The van der Waals surface area contributed by atoms with Gasteiger partial charge < -0.3 is 10.6 Å². The van der Waals surface area contributed by atoms with Gasteiger partial charge in [0.2, 0.25) is 0 Å². The third kappa shape index (κ3) is 5.75. The Balaban J connectivity index is 1.93. The summed E-state index contributed by atoms with van der Waals surface area (Å²) >= 11 is 0. The topological polar surface area (TPSA) is 58.2 Å². The number of amides is 2. The third-order valence-electron chi connectivity index (χ3n) is 4.04. The number of hydrogen-bond donors (Lipinski definition) is 2. The second-order valence-corrected chi connectivity index (χ2v) is 6.52. The molecule has 0 spiro atoms. The molecule has 0 heterocycles. The molecule has 0 aliphatic carbocycles. The summed E-state index contributed by atoms with van der Waals surface area (Å²) in [5.41, 5.74) is 3.08. The van der Waals surface area contributed by atoms with Crippen LogP contribution >= 0.6 is 0 Å². The van der Waals surface area contributed by atoms with Gasteiger partial charge in [0.25, 0.3) is 11.8 Å². The van der Waals surface area contributed by atoms with Crippen LogP contribution in [0.25, 0.3) is 0 Å². The molecular weight excluding hydrogens is 312 g/mol. The van der Waals surface area contributed by atoms with Crippen molar-refractivity contribution in [3.63, 3.8) is 0 Å². The second-order valence-electron chi connectivity index (χ2n) is 6.52. The molecule has 0 saturated heterocycles. The largest absolute Gasteiger partial charge is 0.352 e. The highest BCUT2D eigenvalue weighted by Gasteiger charge is 2.09. The van der Waals surface area contributed by atoms with E-state index >= 15 is 0 Å². The lowest BCUT2D eigenvalue weighted by Crippen LogP contribution is -2.25. The Morgan fingerprint density at radius 2 is 1.44 bits per heavy atom. The molecule has 4 nitrogen and oxygen atoms in total. The first-order valence-electron chi connectivity index (χ1n) is 8.78. The molecule has 25 heavy (non-hydrogen) atoms. The lowest BCUT2D eigenvalue weighted by molar-refractivity contribution is 0.0950. The minimum absolute atomic E-state index is 0.109. The third-order valence-corrected chi connectivity index (χ3v) is 4.04. The Hall–Kier alpha value is -2.62. The van der Waals surface area contributed by atoms with Gasteiger partial charge in [0.05, 0.1) is 0 Å². The number of hydrogen-bond acceptors (Lipinski definition) is 2. The summed E-state index contributed by atoms with van der Waals surface area (Å²) in [6, 6.07) is 14.5.